The molecule has 0 bridgehead atoms. The zero-order valence-electron chi connectivity index (χ0n) is 25.1. The van der Waals surface area contributed by atoms with Crippen molar-refractivity contribution in [3.05, 3.63) is 0 Å². The van der Waals surface area contributed by atoms with E-state index in [9.17, 15) is 0 Å². The van der Waals surface area contributed by atoms with Crippen LogP contribution in [-0.4, -0.2) is 0 Å². The van der Waals surface area contributed by atoms with Crippen LogP contribution in [-0.2, 0) is 0 Å². The van der Waals surface area contributed by atoms with Gasteiger partial charge in [0, 0.05) is 0 Å². The fourth-order valence-electron chi connectivity index (χ4n) is 5.50. The molecule has 0 heteroatoms. The Balaban J connectivity index is 3.27. The van der Waals surface area contributed by atoms with Crippen LogP contribution >= 0.6 is 0 Å². The SMILES string of the molecule is CCCCCCCCCCCCCCCCC(C)CCCCCC(C)CCCCCC(C)CC. The Morgan fingerprint density at radius 1 is 0.294 bits per heavy atom. The van der Waals surface area contributed by atoms with Gasteiger partial charge in [-0.3, -0.25) is 0 Å². The summed E-state index contributed by atoms with van der Waals surface area (Å²) in [4.78, 5) is 0. The molecule has 0 aromatic carbocycles. The summed E-state index contributed by atoms with van der Waals surface area (Å²) in [6, 6.07) is 0. The molecule has 0 aliphatic heterocycles. The highest BCUT2D eigenvalue weighted by molar-refractivity contribution is 4.59. The summed E-state index contributed by atoms with van der Waals surface area (Å²) >= 11 is 0. The van der Waals surface area contributed by atoms with Crippen molar-refractivity contribution in [3.63, 3.8) is 0 Å². The molecule has 0 saturated carbocycles. The third-order valence-electron chi connectivity index (χ3n) is 8.54. The molecular weight excluding hydrogens is 408 g/mol. The summed E-state index contributed by atoms with van der Waals surface area (Å²) in [6.07, 6.45) is 38.1. The third kappa shape index (κ3) is 26.6. The molecule has 0 saturated heterocycles. The largest absolute Gasteiger partial charge is 0.0654 e. The first-order valence-corrected chi connectivity index (χ1v) is 16.6. The van der Waals surface area contributed by atoms with Crippen molar-refractivity contribution in [2.45, 2.75) is 202 Å². The Labute approximate surface area is 219 Å². The minimum absolute atomic E-state index is 0.939. The van der Waals surface area contributed by atoms with Crippen molar-refractivity contribution in [3.8, 4) is 0 Å². The summed E-state index contributed by atoms with van der Waals surface area (Å²) < 4.78 is 0. The first-order chi connectivity index (χ1) is 16.6. The summed E-state index contributed by atoms with van der Waals surface area (Å²) in [5.74, 6) is 2.85. The van der Waals surface area contributed by atoms with Gasteiger partial charge in [-0.25, -0.2) is 0 Å². The van der Waals surface area contributed by atoms with Crippen molar-refractivity contribution in [2.24, 2.45) is 17.8 Å². The lowest BCUT2D eigenvalue weighted by molar-refractivity contribution is 0.403. The molecule has 0 fully saturated rings. The van der Waals surface area contributed by atoms with Gasteiger partial charge < -0.3 is 0 Å². The minimum Gasteiger partial charge on any atom is -0.0654 e. The molecule has 3 atom stereocenters. The highest BCUT2D eigenvalue weighted by Gasteiger charge is 2.05. The van der Waals surface area contributed by atoms with Gasteiger partial charge in [0.1, 0.15) is 0 Å². The first-order valence-electron chi connectivity index (χ1n) is 16.6. The van der Waals surface area contributed by atoms with E-state index in [1.165, 1.54) is 167 Å². The second-order valence-electron chi connectivity index (χ2n) is 12.4. The second kappa shape index (κ2) is 27.6. The van der Waals surface area contributed by atoms with Crippen LogP contribution in [0.3, 0.4) is 0 Å². The lowest BCUT2D eigenvalue weighted by Gasteiger charge is -2.13. The van der Waals surface area contributed by atoms with Gasteiger partial charge in [0.25, 0.3) is 0 Å². The van der Waals surface area contributed by atoms with Gasteiger partial charge in [-0.2, -0.15) is 0 Å². The molecule has 0 radical (unpaired) electrons. The van der Waals surface area contributed by atoms with Crippen LogP contribution in [0.25, 0.3) is 0 Å². The van der Waals surface area contributed by atoms with E-state index in [-0.39, 0.29) is 0 Å². The van der Waals surface area contributed by atoms with Crippen molar-refractivity contribution >= 4 is 0 Å². The van der Waals surface area contributed by atoms with Gasteiger partial charge in [-0.05, 0) is 17.8 Å². The van der Waals surface area contributed by atoms with Crippen molar-refractivity contribution in [2.75, 3.05) is 0 Å². The van der Waals surface area contributed by atoms with Crippen LogP contribution in [0.1, 0.15) is 202 Å². The summed E-state index contributed by atoms with van der Waals surface area (Å²) in [5.41, 5.74) is 0. The number of hydrogen-bond donors (Lipinski definition) is 0. The van der Waals surface area contributed by atoms with Crippen molar-refractivity contribution in [1.29, 1.82) is 0 Å². The van der Waals surface area contributed by atoms with Crippen molar-refractivity contribution < 1.29 is 0 Å². The van der Waals surface area contributed by atoms with Crippen LogP contribution < -0.4 is 0 Å². The zero-order chi connectivity index (χ0) is 25.1. The normalized spacial score (nSPS) is 14.4. The van der Waals surface area contributed by atoms with Gasteiger partial charge >= 0.3 is 0 Å². The molecule has 0 aromatic heterocycles. The van der Waals surface area contributed by atoms with Crippen LogP contribution in [0.15, 0.2) is 0 Å². The molecule has 3 unspecified atom stereocenters. The van der Waals surface area contributed by atoms with Gasteiger partial charge in [0.15, 0.2) is 0 Å². The Hall–Kier alpha value is 0. The molecule has 0 N–H and O–H groups in total. The van der Waals surface area contributed by atoms with E-state index in [0.29, 0.717) is 0 Å². The molecule has 0 aromatic rings. The Kier molecular flexibility index (Phi) is 27.6. The molecule has 0 aliphatic carbocycles. The standard InChI is InChI=1S/C34H70/c1-6-8-9-10-11-12-13-14-15-16-17-18-19-22-28-33(4)30-25-21-26-31-34(5)29-24-20-23-27-32(3)7-2/h32-34H,6-31H2,1-5H3. The minimum atomic E-state index is 0.939. The maximum absolute atomic E-state index is 2.50. The monoisotopic (exact) mass is 479 g/mol. The number of unbranched alkanes of at least 4 members (excludes halogenated alkanes) is 17. The van der Waals surface area contributed by atoms with E-state index in [2.05, 4.69) is 34.6 Å². The predicted octanol–water partition coefficient (Wildman–Crippen LogP) is 13.1. The molecule has 34 heavy (non-hydrogen) atoms. The second-order valence-corrected chi connectivity index (χ2v) is 12.4. The lowest BCUT2D eigenvalue weighted by atomic mass is 9.93. The fourth-order valence-corrected chi connectivity index (χ4v) is 5.50. The Bertz CT molecular complexity index is 359. The highest BCUT2D eigenvalue weighted by atomic mass is 14.1. The van der Waals surface area contributed by atoms with Crippen LogP contribution in [0.4, 0.5) is 0 Å². The molecule has 0 amide bonds. The fraction of sp³-hybridized carbons (Fsp3) is 1.00. The topological polar surface area (TPSA) is 0 Å². The van der Waals surface area contributed by atoms with Gasteiger partial charge in [0.05, 0.1) is 0 Å². The quantitative estimate of drug-likeness (QED) is 0.0980. The Morgan fingerprint density at radius 3 is 0.824 bits per heavy atom. The molecule has 0 heterocycles. The molecule has 0 aliphatic rings. The first kappa shape index (κ1) is 34.0. The molecule has 0 rings (SSSR count). The maximum Gasteiger partial charge on any atom is -0.0443 e. The van der Waals surface area contributed by atoms with E-state index < -0.39 is 0 Å². The summed E-state index contributed by atoms with van der Waals surface area (Å²) in [6.45, 7) is 12.0. The van der Waals surface area contributed by atoms with E-state index in [0.717, 1.165) is 17.8 Å². The maximum atomic E-state index is 2.50. The van der Waals surface area contributed by atoms with E-state index in [4.69, 9.17) is 0 Å². The lowest BCUT2D eigenvalue weighted by Crippen LogP contribution is -1.98. The van der Waals surface area contributed by atoms with E-state index >= 15 is 0 Å². The van der Waals surface area contributed by atoms with Crippen LogP contribution in [0.2, 0.25) is 0 Å². The average Bonchev–Trinajstić information content (AvgIpc) is 2.83. The molecule has 0 nitrogen and oxygen atoms in total. The number of rotatable bonds is 28. The number of hydrogen-bond acceptors (Lipinski definition) is 0. The smallest absolute Gasteiger partial charge is 0.0443 e. The third-order valence-corrected chi connectivity index (χ3v) is 8.54. The predicted molar refractivity (Wildman–Crippen MR) is 159 cm³/mol. The molecular formula is C34H70. The van der Waals surface area contributed by atoms with Crippen molar-refractivity contribution in [1.82, 2.24) is 0 Å². The summed E-state index contributed by atoms with van der Waals surface area (Å²) in [5, 5.41) is 0. The Morgan fingerprint density at radius 2 is 0.529 bits per heavy atom. The zero-order valence-corrected chi connectivity index (χ0v) is 25.1. The van der Waals surface area contributed by atoms with Gasteiger partial charge in [-0.15, -0.1) is 0 Å². The van der Waals surface area contributed by atoms with E-state index in [1.807, 2.05) is 0 Å². The van der Waals surface area contributed by atoms with E-state index in [1.54, 1.807) is 0 Å². The van der Waals surface area contributed by atoms with Crippen LogP contribution in [0.5, 0.6) is 0 Å². The van der Waals surface area contributed by atoms with Crippen LogP contribution in [0, 0.1) is 17.8 Å². The molecule has 206 valence electrons. The highest BCUT2D eigenvalue weighted by Crippen LogP contribution is 2.22. The van der Waals surface area contributed by atoms with Gasteiger partial charge in [0.2, 0.25) is 0 Å². The molecule has 0 spiro atoms. The summed E-state index contributed by atoms with van der Waals surface area (Å²) in [7, 11) is 0. The average molecular weight is 479 g/mol. The van der Waals surface area contributed by atoms with Gasteiger partial charge in [-0.1, -0.05) is 202 Å².